The van der Waals surface area contributed by atoms with Gasteiger partial charge in [0.05, 0.1) is 30.3 Å². The van der Waals surface area contributed by atoms with E-state index < -0.39 is 11.8 Å². The van der Waals surface area contributed by atoms with Gasteiger partial charge in [0.15, 0.2) is 0 Å². The Labute approximate surface area is 138 Å². The molecule has 0 aliphatic carbocycles. The quantitative estimate of drug-likeness (QED) is 0.484. The molecule has 2 aromatic rings. The second kappa shape index (κ2) is 4.85. The van der Waals surface area contributed by atoms with Crippen LogP contribution in [-0.2, 0) is 14.3 Å². The van der Waals surface area contributed by atoms with Gasteiger partial charge in [-0.05, 0) is 10.8 Å². The van der Waals surface area contributed by atoms with Crippen LogP contribution in [0.1, 0.15) is 5.56 Å². The summed E-state index contributed by atoms with van der Waals surface area (Å²) in [7, 11) is 0. The lowest BCUT2D eigenvalue weighted by molar-refractivity contribution is -0.142. The Morgan fingerprint density at radius 3 is 2.33 bits per heavy atom. The number of imide groups is 1. The average molecular weight is 318 g/mol. The minimum absolute atomic E-state index is 0.265. The van der Waals surface area contributed by atoms with Crippen molar-refractivity contribution in [1.29, 1.82) is 0 Å². The topological polar surface area (TPSA) is 59.0 Å². The molecule has 3 aliphatic rings. The molecule has 3 aliphatic heterocycles. The summed E-state index contributed by atoms with van der Waals surface area (Å²) in [5.41, 5.74) is 0.878. The summed E-state index contributed by atoms with van der Waals surface area (Å²) in [5.74, 6) is -1.37. The van der Waals surface area contributed by atoms with Gasteiger partial charge in [0.25, 0.3) is 11.8 Å². The molecule has 2 aromatic carbocycles. The number of hydrogen-bond donors (Lipinski definition) is 0. The number of rotatable bonds is 2. The van der Waals surface area contributed by atoms with E-state index in [4.69, 9.17) is 4.74 Å². The molecule has 2 amide bonds. The van der Waals surface area contributed by atoms with Gasteiger partial charge in [-0.1, -0.05) is 54.6 Å². The lowest BCUT2D eigenvalue weighted by Crippen LogP contribution is -2.30. The van der Waals surface area contributed by atoms with Crippen LogP contribution in [-0.4, -0.2) is 35.2 Å². The van der Waals surface area contributed by atoms with E-state index in [2.05, 4.69) is 5.10 Å². The number of ether oxygens (including phenoxy) is 1. The van der Waals surface area contributed by atoms with Crippen molar-refractivity contribution < 1.29 is 14.3 Å². The molecule has 2 bridgehead atoms. The van der Waals surface area contributed by atoms with Crippen molar-refractivity contribution in [2.24, 2.45) is 16.9 Å². The number of fused-ring (bicyclic) bond motifs is 6. The van der Waals surface area contributed by atoms with Crippen LogP contribution in [0.15, 0.2) is 59.7 Å². The van der Waals surface area contributed by atoms with Crippen LogP contribution in [0.5, 0.6) is 0 Å². The molecule has 0 radical (unpaired) electrons. The molecule has 3 heterocycles. The second-order valence-corrected chi connectivity index (χ2v) is 6.30. The molecule has 0 aromatic heterocycles. The smallest absolute Gasteiger partial charge is 0.256 e. The Hall–Kier alpha value is -2.79. The number of nitrogens with zero attached hydrogens (tertiary/aromatic N) is 2. The first-order valence-electron chi connectivity index (χ1n) is 7.97. The molecule has 24 heavy (non-hydrogen) atoms. The maximum absolute atomic E-state index is 12.5. The van der Waals surface area contributed by atoms with Crippen LogP contribution < -0.4 is 0 Å². The van der Waals surface area contributed by atoms with E-state index in [1.165, 1.54) is 0 Å². The third-order valence-corrected chi connectivity index (χ3v) is 5.02. The molecule has 5 nitrogen and oxygen atoms in total. The van der Waals surface area contributed by atoms with Crippen molar-refractivity contribution >= 4 is 28.8 Å². The number of carbonyl (C=O) groups excluding carboxylic acids is 2. The Morgan fingerprint density at radius 1 is 0.917 bits per heavy atom. The first kappa shape index (κ1) is 13.6. The number of amides is 2. The van der Waals surface area contributed by atoms with Gasteiger partial charge in [-0.15, -0.1) is 0 Å². The van der Waals surface area contributed by atoms with Gasteiger partial charge in [-0.3, -0.25) is 9.59 Å². The summed E-state index contributed by atoms with van der Waals surface area (Å²) in [5, 5.41) is 7.36. The molecule has 0 unspecified atom stereocenters. The zero-order valence-electron chi connectivity index (χ0n) is 12.7. The van der Waals surface area contributed by atoms with Gasteiger partial charge < -0.3 is 4.74 Å². The highest BCUT2D eigenvalue weighted by atomic mass is 16.5. The molecule has 4 atom stereocenters. The molecule has 118 valence electrons. The van der Waals surface area contributed by atoms with E-state index >= 15 is 0 Å². The van der Waals surface area contributed by atoms with E-state index in [-0.39, 0.29) is 24.0 Å². The van der Waals surface area contributed by atoms with Gasteiger partial charge in [-0.25, -0.2) is 0 Å². The lowest BCUT2D eigenvalue weighted by atomic mass is 9.85. The number of carbonyl (C=O) groups is 2. The standard InChI is InChI=1S/C19H14N2O3/c22-18-16-14-8-9-15(24-14)17(16)19(23)21(18)20-10-12-6-3-5-11-4-1-2-7-13(11)12/h1-10,14-17H/b20-10+/t14-,15-,16-,17-/m0/s1. The minimum Gasteiger partial charge on any atom is -0.365 e. The number of hydrogen-bond acceptors (Lipinski definition) is 4. The highest BCUT2D eigenvalue weighted by Gasteiger charge is 2.61. The van der Waals surface area contributed by atoms with E-state index in [0.29, 0.717) is 0 Å². The lowest BCUT2D eigenvalue weighted by Gasteiger charge is -2.11. The molecule has 2 saturated heterocycles. The predicted octanol–water partition coefficient (Wildman–Crippen LogP) is 2.11. The van der Waals surface area contributed by atoms with Crippen molar-refractivity contribution in [2.45, 2.75) is 12.2 Å². The summed E-state index contributed by atoms with van der Waals surface area (Å²) in [6, 6.07) is 13.8. The summed E-state index contributed by atoms with van der Waals surface area (Å²) in [6.07, 6.45) is 4.77. The van der Waals surface area contributed by atoms with Gasteiger partial charge >= 0.3 is 0 Å². The van der Waals surface area contributed by atoms with Gasteiger partial charge in [0.2, 0.25) is 0 Å². The molecule has 2 fully saturated rings. The summed E-state index contributed by atoms with van der Waals surface area (Å²) < 4.78 is 5.62. The molecular formula is C19H14N2O3. The molecule has 5 heteroatoms. The Bertz CT molecular complexity index is 898. The van der Waals surface area contributed by atoms with Crippen molar-refractivity contribution in [3.63, 3.8) is 0 Å². The molecule has 0 N–H and O–H groups in total. The summed E-state index contributed by atoms with van der Waals surface area (Å²) >= 11 is 0. The maximum Gasteiger partial charge on any atom is 0.256 e. The largest absolute Gasteiger partial charge is 0.365 e. The van der Waals surface area contributed by atoms with E-state index in [0.717, 1.165) is 21.3 Å². The third kappa shape index (κ3) is 1.76. The number of benzene rings is 2. The van der Waals surface area contributed by atoms with Crippen LogP contribution in [0, 0.1) is 11.8 Å². The first-order chi connectivity index (χ1) is 11.7. The summed E-state index contributed by atoms with van der Waals surface area (Å²) in [6.45, 7) is 0. The van der Waals surface area contributed by atoms with Gasteiger partial charge in [0, 0.05) is 5.56 Å². The predicted molar refractivity (Wildman–Crippen MR) is 88.2 cm³/mol. The fraction of sp³-hybridized carbons (Fsp3) is 0.211. The molecule has 0 saturated carbocycles. The van der Waals surface area contributed by atoms with Gasteiger partial charge in [0.1, 0.15) is 0 Å². The normalized spacial score (nSPS) is 30.9. The van der Waals surface area contributed by atoms with Crippen molar-refractivity contribution in [3.8, 4) is 0 Å². The third-order valence-electron chi connectivity index (χ3n) is 5.02. The van der Waals surface area contributed by atoms with Gasteiger partial charge in [-0.2, -0.15) is 10.1 Å². The molecule has 0 spiro atoms. The molecular weight excluding hydrogens is 304 g/mol. The Balaban J connectivity index is 1.49. The average Bonchev–Trinajstić information content (AvgIpc) is 3.28. The zero-order chi connectivity index (χ0) is 16.3. The van der Waals surface area contributed by atoms with Crippen LogP contribution in [0.4, 0.5) is 0 Å². The van der Waals surface area contributed by atoms with Crippen LogP contribution in [0.3, 0.4) is 0 Å². The highest BCUT2D eigenvalue weighted by Crippen LogP contribution is 2.45. The molecule has 5 rings (SSSR count). The van der Waals surface area contributed by atoms with E-state index in [1.54, 1.807) is 6.21 Å². The van der Waals surface area contributed by atoms with Crippen LogP contribution in [0.25, 0.3) is 10.8 Å². The highest BCUT2D eigenvalue weighted by molar-refractivity contribution is 6.08. The van der Waals surface area contributed by atoms with Crippen molar-refractivity contribution in [3.05, 3.63) is 60.2 Å². The maximum atomic E-state index is 12.5. The van der Waals surface area contributed by atoms with Crippen molar-refractivity contribution in [2.75, 3.05) is 0 Å². The Morgan fingerprint density at radius 2 is 1.58 bits per heavy atom. The van der Waals surface area contributed by atoms with Crippen molar-refractivity contribution in [1.82, 2.24) is 5.01 Å². The van der Waals surface area contributed by atoms with E-state index in [9.17, 15) is 9.59 Å². The van der Waals surface area contributed by atoms with Crippen LogP contribution >= 0.6 is 0 Å². The number of hydrazone groups is 1. The second-order valence-electron chi connectivity index (χ2n) is 6.30. The zero-order valence-corrected chi connectivity index (χ0v) is 12.7. The first-order valence-corrected chi connectivity index (χ1v) is 7.97. The minimum atomic E-state index is -0.419. The summed E-state index contributed by atoms with van der Waals surface area (Å²) in [4.78, 5) is 25.1. The fourth-order valence-corrected chi connectivity index (χ4v) is 3.88. The fourth-order valence-electron chi connectivity index (χ4n) is 3.88. The Kier molecular flexibility index (Phi) is 2.76. The monoisotopic (exact) mass is 318 g/mol. The SMILES string of the molecule is O=C1[C@@H]2[C@@H](C(=O)N1/N=C/c1cccc3ccccc13)[C@@H]1C=C[C@@H]2O1. The van der Waals surface area contributed by atoms with E-state index in [1.807, 2.05) is 54.6 Å². The van der Waals surface area contributed by atoms with Crippen LogP contribution in [0.2, 0.25) is 0 Å².